The predicted octanol–water partition coefficient (Wildman–Crippen LogP) is 0.415. The predicted molar refractivity (Wildman–Crippen MR) is 88.8 cm³/mol. The summed E-state index contributed by atoms with van der Waals surface area (Å²) in [6, 6.07) is 6.85. The third-order valence-corrected chi connectivity index (χ3v) is 3.78. The topological polar surface area (TPSA) is 87.7 Å². The molecule has 0 saturated carbocycles. The Morgan fingerprint density at radius 1 is 1.08 bits per heavy atom. The Morgan fingerprint density at radius 3 is 2.38 bits per heavy atom. The molecule has 7 heteroatoms. The van der Waals surface area contributed by atoms with Gasteiger partial charge < -0.3 is 15.4 Å². The number of benzene rings is 1. The molecule has 1 heterocycles. The van der Waals surface area contributed by atoms with Crippen LogP contribution in [-0.2, 0) is 9.53 Å². The minimum atomic E-state index is -0.234. The van der Waals surface area contributed by atoms with Crippen molar-refractivity contribution in [3.63, 3.8) is 0 Å². The molecule has 0 atom stereocenters. The van der Waals surface area contributed by atoms with E-state index in [1.165, 1.54) is 4.90 Å². The first-order chi connectivity index (χ1) is 11.6. The number of ether oxygens (including phenoxy) is 1. The molecular weight excluding hydrogens is 310 g/mol. The van der Waals surface area contributed by atoms with Crippen molar-refractivity contribution in [1.29, 1.82) is 0 Å². The highest BCUT2D eigenvalue weighted by Gasteiger charge is 2.34. The molecule has 24 heavy (non-hydrogen) atoms. The van der Waals surface area contributed by atoms with Crippen LogP contribution in [0, 0.1) is 0 Å². The molecule has 0 spiro atoms. The number of nitrogens with zero attached hydrogens (tertiary/aromatic N) is 1. The van der Waals surface area contributed by atoms with Gasteiger partial charge in [-0.2, -0.15) is 0 Å². The third kappa shape index (κ3) is 4.62. The summed E-state index contributed by atoms with van der Waals surface area (Å²) >= 11 is 0. The van der Waals surface area contributed by atoms with E-state index in [9.17, 15) is 14.4 Å². The second-order valence-corrected chi connectivity index (χ2v) is 5.53. The van der Waals surface area contributed by atoms with Crippen LogP contribution in [0.15, 0.2) is 24.3 Å². The van der Waals surface area contributed by atoms with Gasteiger partial charge in [0.15, 0.2) is 0 Å². The molecule has 7 nitrogen and oxygen atoms in total. The van der Waals surface area contributed by atoms with Crippen molar-refractivity contribution in [2.24, 2.45) is 0 Å². The number of carbonyl (C=O) groups is 3. The Labute approximate surface area is 141 Å². The number of methoxy groups -OCH3 is 1. The van der Waals surface area contributed by atoms with Crippen LogP contribution in [0.4, 0.5) is 0 Å². The van der Waals surface area contributed by atoms with E-state index in [4.69, 9.17) is 4.74 Å². The van der Waals surface area contributed by atoms with Crippen molar-refractivity contribution < 1.29 is 19.1 Å². The fourth-order valence-corrected chi connectivity index (χ4v) is 2.50. The number of fused-ring (bicyclic) bond motifs is 1. The van der Waals surface area contributed by atoms with Crippen LogP contribution in [0.2, 0.25) is 0 Å². The summed E-state index contributed by atoms with van der Waals surface area (Å²) in [5.41, 5.74) is 0.941. The third-order valence-electron chi connectivity index (χ3n) is 3.78. The van der Waals surface area contributed by atoms with Gasteiger partial charge in [0.25, 0.3) is 11.8 Å². The van der Waals surface area contributed by atoms with E-state index in [1.54, 1.807) is 31.4 Å². The molecular formula is C17H23N3O4. The summed E-state index contributed by atoms with van der Waals surface area (Å²) in [5, 5.41) is 5.75. The van der Waals surface area contributed by atoms with E-state index < -0.39 is 0 Å². The van der Waals surface area contributed by atoms with Gasteiger partial charge in [-0.25, -0.2) is 0 Å². The van der Waals surface area contributed by atoms with Crippen LogP contribution in [0.25, 0.3) is 0 Å². The number of hydrogen-bond donors (Lipinski definition) is 2. The minimum Gasteiger partial charge on any atom is -0.383 e. The van der Waals surface area contributed by atoms with Crippen molar-refractivity contribution >= 4 is 17.7 Å². The monoisotopic (exact) mass is 333 g/mol. The molecule has 0 fully saturated rings. The highest BCUT2D eigenvalue weighted by Crippen LogP contribution is 2.22. The Hall–Kier alpha value is -2.25. The molecule has 0 saturated heterocycles. The van der Waals surface area contributed by atoms with E-state index in [2.05, 4.69) is 10.6 Å². The molecule has 1 aliphatic heterocycles. The highest BCUT2D eigenvalue weighted by molar-refractivity contribution is 6.21. The fraction of sp³-hybridized carbons (Fsp3) is 0.471. The smallest absolute Gasteiger partial charge is 0.261 e. The average molecular weight is 333 g/mol. The maximum absolute atomic E-state index is 12.2. The Kier molecular flexibility index (Phi) is 6.89. The van der Waals surface area contributed by atoms with Gasteiger partial charge in [0.2, 0.25) is 5.91 Å². The lowest BCUT2D eigenvalue weighted by Crippen LogP contribution is -2.36. The van der Waals surface area contributed by atoms with E-state index in [-0.39, 0.29) is 24.3 Å². The van der Waals surface area contributed by atoms with E-state index >= 15 is 0 Å². The standard InChI is InChI=1S/C17H23N3O4/c1-24-11-9-18-12-15(21)19-8-4-5-10-20-16(22)13-6-2-3-7-14(13)17(20)23/h2-3,6-7,18H,4-5,8-12H2,1H3,(H,19,21). The number of rotatable bonds is 10. The van der Waals surface area contributed by atoms with Gasteiger partial charge in [-0.15, -0.1) is 0 Å². The van der Waals surface area contributed by atoms with E-state index in [0.717, 1.165) is 0 Å². The zero-order valence-electron chi connectivity index (χ0n) is 13.8. The second kappa shape index (κ2) is 9.14. The normalized spacial score (nSPS) is 13.3. The molecule has 0 aromatic heterocycles. The van der Waals surface area contributed by atoms with E-state index in [0.29, 0.717) is 50.2 Å². The van der Waals surface area contributed by atoms with Crippen LogP contribution in [0.3, 0.4) is 0 Å². The first-order valence-electron chi connectivity index (χ1n) is 8.06. The van der Waals surface area contributed by atoms with Crippen LogP contribution in [0.5, 0.6) is 0 Å². The van der Waals surface area contributed by atoms with Crippen molar-refractivity contribution in [2.75, 3.05) is 39.9 Å². The summed E-state index contributed by atoms with van der Waals surface area (Å²) in [6.07, 6.45) is 1.36. The van der Waals surface area contributed by atoms with Gasteiger partial charge in [0.05, 0.1) is 24.3 Å². The van der Waals surface area contributed by atoms with Gasteiger partial charge in [-0.05, 0) is 25.0 Å². The van der Waals surface area contributed by atoms with Crippen LogP contribution in [0.1, 0.15) is 33.6 Å². The molecule has 0 unspecified atom stereocenters. The quantitative estimate of drug-likeness (QED) is 0.478. The van der Waals surface area contributed by atoms with Crippen molar-refractivity contribution in [1.82, 2.24) is 15.5 Å². The van der Waals surface area contributed by atoms with E-state index in [1.807, 2.05) is 0 Å². The molecule has 0 radical (unpaired) electrons. The largest absolute Gasteiger partial charge is 0.383 e. The number of hydrogen-bond acceptors (Lipinski definition) is 5. The fourth-order valence-electron chi connectivity index (χ4n) is 2.50. The molecule has 130 valence electrons. The lowest BCUT2D eigenvalue weighted by molar-refractivity contribution is -0.120. The Balaban J connectivity index is 1.63. The molecule has 1 aromatic carbocycles. The molecule has 0 aliphatic carbocycles. The van der Waals surface area contributed by atoms with Gasteiger partial charge in [-0.1, -0.05) is 12.1 Å². The molecule has 2 rings (SSSR count). The van der Waals surface area contributed by atoms with Crippen LogP contribution >= 0.6 is 0 Å². The first-order valence-corrected chi connectivity index (χ1v) is 8.06. The lowest BCUT2D eigenvalue weighted by atomic mass is 10.1. The zero-order valence-corrected chi connectivity index (χ0v) is 13.8. The summed E-state index contributed by atoms with van der Waals surface area (Å²) in [4.78, 5) is 37.2. The second-order valence-electron chi connectivity index (χ2n) is 5.53. The van der Waals surface area contributed by atoms with Crippen LogP contribution in [-0.4, -0.2) is 62.5 Å². The molecule has 3 amide bonds. The van der Waals surface area contributed by atoms with Gasteiger partial charge in [-0.3, -0.25) is 19.3 Å². The van der Waals surface area contributed by atoms with Crippen LogP contribution < -0.4 is 10.6 Å². The summed E-state index contributed by atoms with van der Waals surface area (Å²) in [5.74, 6) is -0.546. The van der Waals surface area contributed by atoms with Gasteiger partial charge in [0.1, 0.15) is 0 Å². The average Bonchev–Trinajstić information content (AvgIpc) is 2.83. The Morgan fingerprint density at radius 2 is 1.75 bits per heavy atom. The SMILES string of the molecule is COCCNCC(=O)NCCCCN1C(=O)c2ccccc2C1=O. The maximum atomic E-state index is 12.2. The maximum Gasteiger partial charge on any atom is 0.261 e. The van der Waals surface area contributed by atoms with Crippen molar-refractivity contribution in [3.8, 4) is 0 Å². The number of unbranched alkanes of at least 4 members (excludes halogenated alkanes) is 1. The highest BCUT2D eigenvalue weighted by atomic mass is 16.5. The number of imide groups is 1. The van der Waals surface area contributed by atoms with Gasteiger partial charge in [0, 0.05) is 26.7 Å². The summed E-state index contributed by atoms with van der Waals surface area (Å²) in [7, 11) is 1.61. The number of carbonyl (C=O) groups excluding carboxylic acids is 3. The number of nitrogens with one attached hydrogen (secondary N) is 2. The molecule has 1 aliphatic rings. The first kappa shape index (κ1) is 18.1. The Bertz CT molecular complexity index is 568. The number of amides is 3. The van der Waals surface area contributed by atoms with Crippen molar-refractivity contribution in [2.45, 2.75) is 12.8 Å². The summed E-state index contributed by atoms with van der Waals surface area (Å²) in [6.45, 7) is 2.33. The minimum absolute atomic E-state index is 0.0770. The van der Waals surface area contributed by atoms with Gasteiger partial charge >= 0.3 is 0 Å². The zero-order chi connectivity index (χ0) is 17.4. The molecule has 2 N–H and O–H groups in total. The molecule has 0 bridgehead atoms. The summed E-state index contributed by atoms with van der Waals surface area (Å²) < 4.78 is 4.87. The lowest BCUT2D eigenvalue weighted by Gasteiger charge is -2.13. The van der Waals surface area contributed by atoms with Crippen molar-refractivity contribution in [3.05, 3.63) is 35.4 Å². The molecule has 1 aromatic rings.